The van der Waals surface area contributed by atoms with Gasteiger partial charge in [-0.2, -0.15) is 0 Å². The molecule has 17 heavy (non-hydrogen) atoms. The van der Waals surface area contributed by atoms with E-state index in [4.69, 9.17) is 10.5 Å². The quantitative estimate of drug-likeness (QED) is 0.645. The summed E-state index contributed by atoms with van der Waals surface area (Å²) >= 11 is 0. The SMILES string of the molecule is Nc1ccc([SH](=O)=O)c(Oc2ccccc2)c1. The van der Waals surface area contributed by atoms with Gasteiger partial charge in [0, 0.05) is 11.8 Å². The van der Waals surface area contributed by atoms with Crippen LogP contribution in [0.5, 0.6) is 11.5 Å². The van der Waals surface area contributed by atoms with Crippen LogP contribution in [0.1, 0.15) is 0 Å². The zero-order valence-corrected chi connectivity index (χ0v) is 9.76. The van der Waals surface area contributed by atoms with Crippen LogP contribution in [-0.2, 0) is 10.7 Å². The van der Waals surface area contributed by atoms with Gasteiger partial charge in [-0.15, -0.1) is 0 Å². The van der Waals surface area contributed by atoms with Crippen LogP contribution in [0.15, 0.2) is 53.4 Å². The second kappa shape index (κ2) is 4.88. The van der Waals surface area contributed by atoms with E-state index in [1.165, 1.54) is 18.2 Å². The summed E-state index contributed by atoms with van der Waals surface area (Å²) in [4.78, 5) is 0.123. The van der Waals surface area contributed by atoms with Gasteiger partial charge in [-0.1, -0.05) is 18.2 Å². The second-order valence-corrected chi connectivity index (χ2v) is 4.40. The van der Waals surface area contributed by atoms with Gasteiger partial charge in [0.25, 0.3) is 0 Å². The van der Waals surface area contributed by atoms with Gasteiger partial charge < -0.3 is 10.5 Å². The fourth-order valence-electron chi connectivity index (χ4n) is 1.38. The molecule has 2 aromatic rings. The van der Waals surface area contributed by atoms with Crippen LogP contribution >= 0.6 is 0 Å². The van der Waals surface area contributed by atoms with Crippen molar-refractivity contribution in [3.63, 3.8) is 0 Å². The number of anilines is 1. The van der Waals surface area contributed by atoms with E-state index in [0.29, 0.717) is 11.4 Å². The highest BCUT2D eigenvalue weighted by molar-refractivity contribution is 7.72. The van der Waals surface area contributed by atoms with Crippen LogP contribution in [0.3, 0.4) is 0 Å². The lowest BCUT2D eigenvalue weighted by Gasteiger charge is -2.08. The van der Waals surface area contributed by atoms with Crippen molar-refractivity contribution in [3.8, 4) is 11.5 Å². The first-order valence-corrected chi connectivity index (χ1v) is 6.11. The van der Waals surface area contributed by atoms with E-state index in [1.807, 2.05) is 6.07 Å². The molecule has 0 spiro atoms. The number of nitrogens with two attached hydrogens (primary N) is 1. The van der Waals surface area contributed by atoms with Crippen LogP contribution in [0.2, 0.25) is 0 Å². The molecule has 0 heterocycles. The molecule has 0 atom stereocenters. The smallest absolute Gasteiger partial charge is 0.171 e. The summed E-state index contributed by atoms with van der Waals surface area (Å²) in [6.07, 6.45) is 0. The molecular formula is C12H11NO3S. The van der Waals surface area contributed by atoms with E-state index in [-0.39, 0.29) is 10.6 Å². The van der Waals surface area contributed by atoms with Crippen LogP contribution in [0.4, 0.5) is 5.69 Å². The normalized spacial score (nSPS) is 10.4. The van der Waals surface area contributed by atoms with Crippen molar-refractivity contribution in [1.29, 1.82) is 0 Å². The van der Waals surface area contributed by atoms with Crippen molar-refractivity contribution < 1.29 is 13.2 Å². The first-order valence-electron chi connectivity index (χ1n) is 4.93. The molecule has 0 aliphatic carbocycles. The molecule has 5 heteroatoms. The highest BCUT2D eigenvalue weighted by atomic mass is 32.2. The van der Waals surface area contributed by atoms with Crippen LogP contribution in [-0.4, -0.2) is 8.42 Å². The molecule has 0 aromatic heterocycles. The molecule has 0 saturated carbocycles. The van der Waals surface area contributed by atoms with E-state index in [1.54, 1.807) is 24.3 Å². The molecule has 0 radical (unpaired) electrons. The Balaban J connectivity index is 2.41. The third-order valence-corrected chi connectivity index (χ3v) is 2.91. The Morgan fingerprint density at radius 2 is 1.71 bits per heavy atom. The van der Waals surface area contributed by atoms with Gasteiger partial charge in [0.1, 0.15) is 16.4 Å². The van der Waals surface area contributed by atoms with Crippen molar-refractivity contribution in [2.24, 2.45) is 0 Å². The molecule has 0 saturated heterocycles. The number of hydrogen-bond donors (Lipinski definition) is 2. The van der Waals surface area contributed by atoms with Gasteiger partial charge in [0.15, 0.2) is 10.7 Å². The summed E-state index contributed by atoms with van der Waals surface area (Å²) in [6, 6.07) is 13.4. The lowest BCUT2D eigenvalue weighted by Crippen LogP contribution is -1.93. The Hall–Kier alpha value is -2.01. The van der Waals surface area contributed by atoms with Gasteiger partial charge in [0.05, 0.1) is 0 Å². The summed E-state index contributed by atoms with van der Waals surface area (Å²) in [5.74, 6) is 0.809. The highest BCUT2D eigenvalue weighted by Gasteiger charge is 2.07. The summed E-state index contributed by atoms with van der Waals surface area (Å²) in [5.41, 5.74) is 6.06. The lowest BCUT2D eigenvalue weighted by molar-refractivity contribution is 0.469. The summed E-state index contributed by atoms with van der Waals surface area (Å²) in [7, 11) is -2.71. The minimum atomic E-state index is -2.71. The first kappa shape index (κ1) is 11.5. The number of para-hydroxylation sites is 1. The maximum atomic E-state index is 11.0. The van der Waals surface area contributed by atoms with Gasteiger partial charge in [-0.25, -0.2) is 8.42 Å². The third kappa shape index (κ3) is 2.76. The molecule has 0 amide bonds. The molecule has 88 valence electrons. The second-order valence-electron chi connectivity index (χ2n) is 3.40. The van der Waals surface area contributed by atoms with E-state index >= 15 is 0 Å². The Morgan fingerprint density at radius 1 is 1.00 bits per heavy atom. The van der Waals surface area contributed by atoms with Crippen LogP contribution in [0, 0.1) is 0 Å². The Bertz CT molecular complexity index is 586. The molecule has 2 aromatic carbocycles. The predicted octanol–water partition coefficient (Wildman–Crippen LogP) is 2.03. The molecule has 0 aliphatic heterocycles. The fourth-order valence-corrected chi connectivity index (χ4v) is 1.87. The van der Waals surface area contributed by atoms with Crippen molar-refractivity contribution in [2.75, 3.05) is 5.73 Å². The Morgan fingerprint density at radius 3 is 2.35 bits per heavy atom. The Labute approximate surface area is 101 Å². The molecule has 4 nitrogen and oxygen atoms in total. The number of hydrogen-bond acceptors (Lipinski definition) is 4. The molecule has 0 aliphatic rings. The summed E-state index contributed by atoms with van der Waals surface area (Å²) < 4.78 is 27.6. The van der Waals surface area contributed by atoms with Crippen molar-refractivity contribution in [3.05, 3.63) is 48.5 Å². The molecular weight excluding hydrogens is 238 g/mol. The maximum absolute atomic E-state index is 11.0. The first-order chi connectivity index (χ1) is 8.16. The minimum Gasteiger partial charge on any atom is -0.456 e. The predicted molar refractivity (Wildman–Crippen MR) is 66.0 cm³/mol. The van der Waals surface area contributed by atoms with Crippen LogP contribution in [0.25, 0.3) is 0 Å². The van der Waals surface area contributed by atoms with Crippen molar-refractivity contribution in [1.82, 2.24) is 0 Å². The number of nitrogen functional groups attached to an aromatic ring is 1. The standard InChI is InChI=1S/C12H11NO3S/c13-9-6-7-12(17(14)15)11(8-9)16-10-4-2-1-3-5-10/h1-8,17H,13H2. The number of ether oxygens (including phenoxy) is 1. The van der Waals surface area contributed by atoms with Gasteiger partial charge in [0.2, 0.25) is 0 Å². The van der Waals surface area contributed by atoms with E-state index in [2.05, 4.69) is 0 Å². The Kier molecular flexibility index (Phi) is 3.30. The molecule has 0 unspecified atom stereocenters. The summed E-state index contributed by atoms with van der Waals surface area (Å²) in [6.45, 7) is 0. The number of rotatable bonds is 3. The van der Waals surface area contributed by atoms with Gasteiger partial charge in [-0.3, -0.25) is 0 Å². The number of thiol groups is 1. The monoisotopic (exact) mass is 249 g/mol. The molecule has 0 bridgehead atoms. The van der Waals surface area contributed by atoms with E-state index in [9.17, 15) is 8.42 Å². The maximum Gasteiger partial charge on any atom is 0.171 e. The zero-order valence-electron chi connectivity index (χ0n) is 8.87. The molecule has 2 N–H and O–H groups in total. The lowest BCUT2D eigenvalue weighted by atomic mass is 10.3. The average molecular weight is 249 g/mol. The average Bonchev–Trinajstić information content (AvgIpc) is 2.30. The fraction of sp³-hybridized carbons (Fsp3) is 0. The van der Waals surface area contributed by atoms with Gasteiger partial charge in [-0.05, 0) is 24.3 Å². The van der Waals surface area contributed by atoms with E-state index < -0.39 is 10.7 Å². The number of benzene rings is 2. The zero-order chi connectivity index (χ0) is 12.3. The molecule has 0 fully saturated rings. The topological polar surface area (TPSA) is 69.4 Å². The molecule has 2 rings (SSSR count). The highest BCUT2D eigenvalue weighted by Crippen LogP contribution is 2.28. The van der Waals surface area contributed by atoms with Crippen LogP contribution < -0.4 is 10.5 Å². The van der Waals surface area contributed by atoms with Crippen molar-refractivity contribution in [2.45, 2.75) is 4.90 Å². The summed E-state index contributed by atoms with van der Waals surface area (Å²) in [5, 5.41) is 0. The third-order valence-electron chi connectivity index (χ3n) is 2.15. The van der Waals surface area contributed by atoms with Crippen molar-refractivity contribution >= 4 is 16.4 Å². The largest absolute Gasteiger partial charge is 0.456 e. The van der Waals surface area contributed by atoms with Gasteiger partial charge >= 0.3 is 0 Å². The van der Waals surface area contributed by atoms with E-state index in [0.717, 1.165) is 0 Å². The minimum absolute atomic E-state index is 0.123.